The molecule has 0 radical (unpaired) electrons. The second kappa shape index (κ2) is 7.66. The molecule has 0 aliphatic heterocycles. The summed E-state index contributed by atoms with van der Waals surface area (Å²) in [5.74, 6) is -1.60. The molecule has 0 fully saturated rings. The van der Waals surface area contributed by atoms with Gasteiger partial charge in [0.1, 0.15) is 17.8 Å². The molecule has 2 aromatic carbocycles. The molecule has 4 aromatic rings. The van der Waals surface area contributed by atoms with Gasteiger partial charge >= 0.3 is 6.43 Å². The topological polar surface area (TPSA) is 86.7 Å². The van der Waals surface area contributed by atoms with Crippen LogP contribution in [-0.4, -0.2) is 31.5 Å². The van der Waals surface area contributed by atoms with Gasteiger partial charge in [0.25, 0.3) is 5.89 Å². The normalized spacial score (nSPS) is 11.2. The molecular weight excluding hydrogens is 387 g/mol. The number of rotatable bonds is 6. The molecule has 0 amide bonds. The first kappa shape index (κ1) is 18.5. The molecule has 0 saturated heterocycles. The molecule has 146 valence electrons. The average Bonchev–Trinajstić information content (AvgIpc) is 3.39. The van der Waals surface area contributed by atoms with E-state index in [0.29, 0.717) is 22.4 Å². The zero-order valence-corrected chi connectivity index (χ0v) is 14.7. The highest BCUT2D eigenvalue weighted by Gasteiger charge is 2.18. The van der Waals surface area contributed by atoms with Crippen molar-refractivity contribution in [2.24, 2.45) is 0 Å². The van der Waals surface area contributed by atoms with Crippen LogP contribution >= 0.6 is 0 Å². The average molecular weight is 399 g/mol. The molecular formula is C19H12F3N5O2. The lowest BCUT2D eigenvalue weighted by Crippen LogP contribution is -2.03. The van der Waals surface area contributed by atoms with Crippen molar-refractivity contribution < 1.29 is 22.4 Å². The Morgan fingerprint density at radius 1 is 1.07 bits per heavy atom. The Morgan fingerprint density at radius 3 is 2.66 bits per heavy atom. The Labute approximate surface area is 161 Å². The van der Waals surface area contributed by atoms with Crippen molar-refractivity contribution in [3.8, 4) is 22.7 Å². The van der Waals surface area contributed by atoms with Crippen LogP contribution in [0.5, 0.6) is 0 Å². The minimum atomic E-state index is -2.89. The number of aldehydes is 1. The van der Waals surface area contributed by atoms with Crippen molar-refractivity contribution >= 4 is 6.29 Å². The molecule has 0 N–H and O–H groups in total. The summed E-state index contributed by atoms with van der Waals surface area (Å²) in [7, 11) is 0. The monoisotopic (exact) mass is 399 g/mol. The maximum absolute atomic E-state index is 14.5. The first-order valence-electron chi connectivity index (χ1n) is 8.39. The first-order valence-corrected chi connectivity index (χ1v) is 8.39. The van der Waals surface area contributed by atoms with Crippen LogP contribution in [0.15, 0.2) is 53.1 Å². The number of hydrogen-bond acceptors (Lipinski definition) is 6. The molecule has 2 heterocycles. The highest BCUT2D eigenvalue weighted by molar-refractivity contribution is 5.78. The van der Waals surface area contributed by atoms with Gasteiger partial charge in [0.2, 0.25) is 5.89 Å². The molecule has 2 aromatic heterocycles. The lowest BCUT2D eigenvalue weighted by Gasteiger charge is -2.04. The van der Waals surface area contributed by atoms with Gasteiger partial charge in [-0.15, -0.1) is 15.3 Å². The molecule has 4 rings (SSSR count). The highest BCUT2D eigenvalue weighted by atomic mass is 19.3. The number of nitrogens with zero attached hydrogens (tertiary/aromatic N) is 5. The van der Waals surface area contributed by atoms with Crippen LogP contribution in [0.25, 0.3) is 22.7 Å². The molecule has 0 unspecified atom stereocenters. The van der Waals surface area contributed by atoms with E-state index in [4.69, 9.17) is 4.42 Å². The first-order chi connectivity index (χ1) is 14.0. The third-order valence-corrected chi connectivity index (χ3v) is 4.12. The number of carbonyl (C=O) groups is 1. The van der Waals surface area contributed by atoms with Crippen LogP contribution in [-0.2, 0) is 6.54 Å². The minimum Gasteiger partial charge on any atom is -0.415 e. The second-order valence-corrected chi connectivity index (χ2v) is 6.10. The van der Waals surface area contributed by atoms with E-state index in [9.17, 15) is 18.0 Å². The standard InChI is InChI=1S/C19H12F3N5O2/c20-15-7-13(18-24-25-19(29-18)17(21)22)4-5-14(15)8-27-9-16(23-26-27)12-3-1-2-11(6-12)10-28/h1-7,9-10,17H,8H2. The van der Waals surface area contributed by atoms with Crippen molar-refractivity contribution in [3.63, 3.8) is 0 Å². The van der Waals surface area contributed by atoms with Gasteiger partial charge in [-0.3, -0.25) is 4.79 Å². The van der Waals surface area contributed by atoms with Crippen LogP contribution in [0.3, 0.4) is 0 Å². The molecule has 7 nitrogen and oxygen atoms in total. The summed E-state index contributed by atoms with van der Waals surface area (Å²) < 4.78 is 45.8. The fraction of sp³-hybridized carbons (Fsp3) is 0.105. The van der Waals surface area contributed by atoms with E-state index in [1.807, 2.05) is 0 Å². The van der Waals surface area contributed by atoms with E-state index in [-0.39, 0.29) is 18.0 Å². The van der Waals surface area contributed by atoms with Gasteiger partial charge in [0.15, 0.2) is 0 Å². The molecule has 10 heteroatoms. The van der Waals surface area contributed by atoms with Gasteiger partial charge < -0.3 is 4.42 Å². The van der Waals surface area contributed by atoms with E-state index in [1.54, 1.807) is 30.5 Å². The fourth-order valence-corrected chi connectivity index (χ4v) is 2.70. The van der Waals surface area contributed by atoms with E-state index in [1.165, 1.54) is 16.8 Å². The SMILES string of the molecule is O=Cc1cccc(-c2cn(Cc3ccc(-c4nnc(C(F)F)o4)cc3F)nn2)c1. The summed E-state index contributed by atoms with van der Waals surface area (Å²) in [4.78, 5) is 10.9. The summed E-state index contributed by atoms with van der Waals surface area (Å²) in [6.07, 6.45) is -0.531. The zero-order valence-electron chi connectivity index (χ0n) is 14.7. The Morgan fingerprint density at radius 2 is 1.93 bits per heavy atom. The van der Waals surface area contributed by atoms with Crippen molar-refractivity contribution in [2.75, 3.05) is 0 Å². The molecule has 0 aliphatic rings. The maximum Gasteiger partial charge on any atom is 0.314 e. The van der Waals surface area contributed by atoms with Crippen molar-refractivity contribution in [1.82, 2.24) is 25.2 Å². The molecule has 29 heavy (non-hydrogen) atoms. The zero-order chi connectivity index (χ0) is 20.4. The Balaban J connectivity index is 1.54. The third-order valence-electron chi connectivity index (χ3n) is 4.12. The van der Waals surface area contributed by atoms with E-state index < -0.39 is 18.1 Å². The summed E-state index contributed by atoms with van der Waals surface area (Å²) in [5, 5.41) is 14.7. The van der Waals surface area contributed by atoms with E-state index in [0.717, 1.165) is 12.4 Å². The lowest BCUT2D eigenvalue weighted by molar-refractivity contribution is 0.112. The Hall–Kier alpha value is -3.82. The number of benzene rings is 2. The van der Waals surface area contributed by atoms with Gasteiger partial charge in [-0.25, -0.2) is 9.07 Å². The van der Waals surface area contributed by atoms with Gasteiger partial charge in [-0.1, -0.05) is 29.5 Å². The second-order valence-electron chi connectivity index (χ2n) is 6.10. The fourth-order valence-electron chi connectivity index (χ4n) is 2.70. The van der Waals surface area contributed by atoms with Crippen LogP contribution in [0.1, 0.15) is 28.2 Å². The summed E-state index contributed by atoms with van der Waals surface area (Å²) in [6.45, 7) is 0.0958. The number of aromatic nitrogens is 5. The third kappa shape index (κ3) is 3.91. The van der Waals surface area contributed by atoms with Crippen molar-refractivity contribution in [1.29, 1.82) is 0 Å². The molecule has 0 saturated carbocycles. The number of hydrogen-bond donors (Lipinski definition) is 0. The predicted molar refractivity (Wildman–Crippen MR) is 94.6 cm³/mol. The van der Waals surface area contributed by atoms with Crippen molar-refractivity contribution in [3.05, 3.63) is 71.5 Å². The smallest absolute Gasteiger partial charge is 0.314 e. The van der Waals surface area contributed by atoms with Crippen LogP contribution in [0, 0.1) is 5.82 Å². The van der Waals surface area contributed by atoms with Gasteiger partial charge in [0.05, 0.1) is 12.7 Å². The quantitative estimate of drug-likeness (QED) is 0.457. The number of halogens is 3. The molecule has 0 spiro atoms. The maximum atomic E-state index is 14.5. The lowest BCUT2D eigenvalue weighted by atomic mass is 10.1. The van der Waals surface area contributed by atoms with E-state index >= 15 is 0 Å². The van der Waals surface area contributed by atoms with Crippen LogP contribution in [0.2, 0.25) is 0 Å². The minimum absolute atomic E-state index is 0.0958. The largest absolute Gasteiger partial charge is 0.415 e. The van der Waals surface area contributed by atoms with Crippen LogP contribution in [0.4, 0.5) is 13.2 Å². The molecule has 0 atom stereocenters. The van der Waals surface area contributed by atoms with Gasteiger partial charge in [-0.05, 0) is 18.2 Å². The van der Waals surface area contributed by atoms with Crippen LogP contribution < -0.4 is 0 Å². The summed E-state index contributed by atoms with van der Waals surface area (Å²) >= 11 is 0. The Bertz CT molecular complexity index is 1170. The predicted octanol–water partition coefficient (Wildman–Crippen LogP) is 3.93. The Kier molecular flexibility index (Phi) is 4.90. The highest BCUT2D eigenvalue weighted by Crippen LogP contribution is 2.25. The van der Waals surface area contributed by atoms with E-state index in [2.05, 4.69) is 20.5 Å². The van der Waals surface area contributed by atoms with Gasteiger partial charge in [-0.2, -0.15) is 8.78 Å². The number of alkyl halides is 2. The van der Waals surface area contributed by atoms with Crippen molar-refractivity contribution in [2.45, 2.75) is 13.0 Å². The molecule has 0 aliphatic carbocycles. The molecule has 0 bridgehead atoms. The number of carbonyl (C=O) groups excluding carboxylic acids is 1. The van der Waals surface area contributed by atoms with Gasteiger partial charge in [0, 0.05) is 22.3 Å². The summed E-state index contributed by atoms with van der Waals surface area (Å²) in [5.41, 5.74) is 2.25. The summed E-state index contributed by atoms with van der Waals surface area (Å²) in [6, 6.07) is 11.0.